The smallest absolute Gasteiger partial charge is 0.335 e. The van der Waals surface area contributed by atoms with Crippen LogP contribution in [0.5, 0.6) is 0 Å². The summed E-state index contributed by atoms with van der Waals surface area (Å²) >= 11 is 0. The van der Waals surface area contributed by atoms with Gasteiger partial charge in [-0.25, -0.2) is 4.79 Å². The summed E-state index contributed by atoms with van der Waals surface area (Å²) in [7, 11) is 1.58. The van der Waals surface area contributed by atoms with E-state index in [4.69, 9.17) is 4.74 Å². The number of fused-ring (bicyclic) bond motifs is 7. The van der Waals surface area contributed by atoms with Gasteiger partial charge in [-0.05, 0) is 139 Å². The van der Waals surface area contributed by atoms with Crippen LogP contribution in [0.25, 0.3) is 5.57 Å². The quantitative estimate of drug-likeness (QED) is 0.289. The number of ether oxygens (including phenoxy) is 1. The first-order chi connectivity index (χ1) is 19.7. The molecule has 4 fully saturated rings. The van der Waals surface area contributed by atoms with E-state index in [1.54, 1.807) is 13.2 Å². The van der Waals surface area contributed by atoms with Gasteiger partial charge in [-0.1, -0.05) is 65.0 Å². The van der Waals surface area contributed by atoms with Gasteiger partial charge in [-0.15, -0.1) is 0 Å². The summed E-state index contributed by atoms with van der Waals surface area (Å²) in [6, 6.07) is 7.55. The number of esters is 1. The fraction of sp³-hybridized carbons (Fsp3) is 0.684. The highest BCUT2D eigenvalue weighted by Crippen LogP contribution is 2.77. The van der Waals surface area contributed by atoms with Crippen molar-refractivity contribution in [2.24, 2.45) is 56.7 Å². The fourth-order valence-corrected chi connectivity index (χ4v) is 12.6. The zero-order valence-corrected chi connectivity index (χ0v) is 27.0. The van der Waals surface area contributed by atoms with E-state index >= 15 is 0 Å². The van der Waals surface area contributed by atoms with Gasteiger partial charge < -0.3 is 9.84 Å². The number of rotatable bonds is 4. The average Bonchev–Trinajstić information content (AvgIpc) is 3.34. The van der Waals surface area contributed by atoms with Gasteiger partial charge in [0.15, 0.2) is 0 Å². The van der Waals surface area contributed by atoms with Crippen molar-refractivity contribution < 1.29 is 19.4 Å². The van der Waals surface area contributed by atoms with Crippen molar-refractivity contribution in [3.63, 3.8) is 0 Å². The minimum Gasteiger partial charge on any atom is -0.478 e. The molecular formula is C38H52O4. The van der Waals surface area contributed by atoms with Gasteiger partial charge in [0.2, 0.25) is 0 Å². The van der Waals surface area contributed by atoms with E-state index in [1.165, 1.54) is 36.8 Å². The summed E-state index contributed by atoms with van der Waals surface area (Å²) in [6.07, 6.45) is 12.4. The first kappa shape index (κ1) is 29.7. The molecule has 0 spiro atoms. The molecule has 0 amide bonds. The van der Waals surface area contributed by atoms with Crippen molar-refractivity contribution in [3.8, 4) is 0 Å². The Bertz CT molecular complexity index is 1350. The highest BCUT2D eigenvalue weighted by molar-refractivity contribution is 5.89. The first-order valence-electron chi connectivity index (χ1n) is 16.5. The molecule has 42 heavy (non-hydrogen) atoms. The van der Waals surface area contributed by atoms with Gasteiger partial charge in [0, 0.05) is 0 Å². The van der Waals surface area contributed by atoms with Crippen LogP contribution in [-0.2, 0) is 9.53 Å². The molecule has 1 aromatic carbocycles. The van der Waals surface area contributed by atoms with E-state index in [9.17, 15) is 14.7 Å². The lowest BCUT2D eigenvalue weighted by molar-refractivity contribution is -0.228. The van der Waals surface area contributed by atoms with Crippen molar-refractivity contribution in [2.45, 2.75) is 99.3 Å². The molecule has 5 aliphatic carbocycles. The van der Waals surface area contributed by atoms with Gasteiger partial charge in [-0.2, -0.15) is 0 Å². The van der Waals surface area contributed by atoms with E-state index < -0.39 is 5.97 Å². The zero-order valence-electron chi connectivity index (χ0n) is 27.0. The molecule has 6 rings (SSSR count). The van der Waals surface area contributed by atoms with E-state index in [1.807, 2.05) is 12.1 Å². The molecule has 228 valence electrons. The van der Waals surface area contributed by atoms with E-state index in [0.29, 0.717) is 35.2 Å². The predicted molar refractivity (Wildman–Crippen MR) is 168 cm³/mol. The Morgan fingerprint density at radius 1 is 0.929 bits per heavy atom. The lowest BCUT2D eigenvalue weighted by Gasteiger charge is -2.72. The minimum absolute atomic E-state index is 0.0277. The van der Waals surface area contributed by atoms with Crippen LogP contribution < -0.4 is 0 Å². The Morgan fingerprint density at radius 2 is 1.67 bits per heavy atom. The average molecular weight is 573 g/mol. The second kappa shape index (κ2) is 9.57. The Balaban J connectivity index is 1.38. The number of methoxy groups -OCH3 is 1. The molecule has 0 bridgehead atoms. The monoisotopic (exact) mass is 572 g/mol. The van der Waals surface area contributed by atoms with Crippen molar-refractivity contribution in [3.05, 3.63) is 53.6 Å². The third-order valence-corrected chi connectivity index (χ3v) is 14.7. The SMILES string of the molecule is C=C(C)[C@@H]1CC[C@]2(C(=O)OC)CC[C@]3(C)[C@H](CCC4[C@@]5(C)CC=C(c6cccc(C(=O)O)c6)C(C)(C)[C@@H]5CC[C@]43C)[C@@H]12. The van der Waals surface area contributed by atoms with Crippen molar-refractivity contribution in [2.75, 3.05) is 7.11 Å². The van der Waals surface area contributed by atoms with Crippen LogP contribution >= 0.6 is 0 Å². The molecule has 4 nitrogen and oxygen atoms in total. The predicted octanol–water partition coefficient (Wildman–Crippen LogP) is 9.21. The maximum Gasteiger partial charge on any atom is 0.335 e. The maximum atomic E-state index is 13.5. The second-order valence-electron chi connectivity index (χ2n) is 16.3. The molecule has 1 unspecified atom stereocenters. The molecule has 1 aromatic rings. The maximum absolute atomic E-state index is 13.5. The molecule has 9 atom stereocenters. The molecule has 0 heterocycles. The highest BCUT2D eigenvalue weighted by Gasteiger charge is 2.71. The Kier molecular flexibility index (Phi) is 6.77. The number of carboxylic acid groups (broad SMARTS) is 1. The van der Waals surface area contributed by atoms with Gasteiger partial charge >= 0.3 is 11.9 Å². The molecule has 0 aromatic heterocycles. The van der Waals surface area contributed by atoms with Crippen LogP contribution in [0.3, 0.4) is 0 Å². The molecule has 0 radical (unpaired) electrons. The van der Waals surface area contributed by atoms with E-state index in [-0.39, 0.29) is 33.0 Å². The number of hydrogen-bond acceptors (Lipinski definition) is 3. The number of carbonyl (C=O) groups is 2. The Hall–Kier alpha value is -2.36. The Morgan fingerprint density at radius 3 is 2.33 bits per heavy atom. The largest absolute Gasteiger partial charge is 0.478 e. The topological polar surface area (TPSA) is 63.6 Å². The number of carbonyl (C=O) groups excluding carboxylic acids is 1. The van der Waals surface area contributed by atoms with Crippen molar-refractivity contribution in [1.29, 1.82) is 0 Å². The van der Waals surface area contributed by atoms with E-state index in [2.05, 4.69) is 60.3 Å². The molecule has 0 aliphatic heterocycles. The normalized spacial score (nSPS) is 43.6. The number of aromatic carboxylic acids is 1. The summed E-state index contributed by atoms with van der Waals surface area (Å²) < 4.78 is 5.54. The number of benzene rings is 1. The van der Waals surface area contributed by atoms with Crippen LogP contribution in [0.2, 0.25) is 0 Å². The Labute approximate surface area is 253 Å². The van der Waals surface area contributed by atoms with Crippen LogP contribution in [0.4, 0.5) is 0 Å². The van der Waals surface area contributed by atoms with Crippen LogP contribution in [-0.4, -0.2) is 24.2 Å². The fourth-order valence-electron chi connectivity index (χ4n) is 12.6. The van der Waals surface area contributed by atoms with Gasteiger partial charge in [0.25, 0.3) is 0 Å². The molecule has 1 N–H and O–H groups in total. The number of carboxylic acids is 1. The molecule has 0 saturated heterocycles. The molecular weight excluding hydrogens is 520 g/mol. The zero-order chi connectivity index (χ0) is 30.5. The summed E-state index contributed by atoms with van der Waals surface area (Å²) in [5.74, 6) is 1.56. The van der Waals surface area contributed by atoms with Gasteiger partial charge in [0.05, 0.1) is 18.1 Å². The second-order valence-corrected chi connectivity index (χ2v) is 16.3. The van der Waals surface area contributed by atoms with E-state index in [0.717, 1.165) is 37.7 Å². The number of hydrogen-bond donors (Lipinski definition) is 1. The molecule has 4 saturated carbocycles. The summed E-state index contributed by atoms with van der Waals surface area (Å²) in [6.45, 7) is 19.3. The number of allylic oxidation sites excluding steroid dienone is 3. The lowest BCUT2D eigenvalue weighted by Crippen LogP contribution is -2.66. The molecule has 4 heteroatoms. The van der Waals surface area contributed by atoms with Gasteiger partial charge in [0.1, 0.15) is 0 Å². The first-order valence-corrected chi connectivity index (χ1v) is 16.5. The molecule has 5 aliphatic rings. The summed E-state index contributed by atoms with van der Waals surface area (Å²) in [5.41, 5.74) is 4.14. The summed E-state index contributed by atoms with van der Waals surface area (Å²) in [5, 5.41) is 9.66. The van der Waals surface area contributed by atoms with Crippen LogP contribution in [0.1, 0.15) is 115 Å². The van der Waals surface area contributed by atoms with Crippen LogP contribution in [0, 0.1) is 56.7 Å². The standard InChI is InChI=1S/C38H52O4/c1-23(2)26-14-19-38(33(41)42-8)21-20-36(6)28(31(26)38)12-13-30-35(5)17-15-27(24-10-9-11-25(22-24)32(39)40)34(3,4)29(35)16-18-37(30,36)7/h9-11,15,22,26,28-31H,1,12-14,16-21H2,2-8H3,(H,39,40)/t26-,28+,29-,30?,31+,35-,36+,37+,38-/m0/s1. The highest BCUT2D eigenvalue weighted by atomic mass is 16.5. The minimum atomic E-state index is -0.866. The van der Waals surface area contributed by atoms with Crippen molar-refractivity contribution in [1.82, 2.24) is 0 Å². The third-order valence-electron chi connectivity index (χ3n) is 14.7. The summed E-state index contributed by atoms with van der Waals surface area (Å²) in [4.78, 5) is 25.3. The lowest BCUT2D eigenvalue weighted by atomic mass is 9.32. The third kappa shape index (κ3) is 3.71. The van der Waals surface area contributed by atoms with Gasteiger partial charge in [-0.3, -0.25) is 4.79 Å². The van der Waals surface area contributed by atoms with Crippen molar-refractivity contribution >= 4 is 17.5 Å². The van der Waals surface area contributed by atoms with Crippen LogP contribution in [0.15, 0.2) is 42.5 Å².